The molecule has 0 unspecified atom stereocenters. The van der Waals surface area contributed by atoms with Crippen molar-refractivity contribution in [2.24, 2.45) is 0 Å². The van der Waals surface area contributed by atoms with Crippen molar-refractivity contribution in [3.05, 3.63) is 96.6 Å². The molecule has 6 heteroatoms. The second kappa shape index (κ2) is 8.93. The first-order valence-corrected chi connectivity index (χ1v) is 9.45. The van der Waals surface area contributed by atoms with Gasteiger partial charge in [-0.2, -0.15) is 0 Å². The first kappa shape index (κ1) is 18.6. The van der Waals surface area contributed by atoms with E-state index in [4.69, 9.17) is 4.74 Å². The Hall–Kier alpha value is -3.80. The molecule has 0 amide bonds. The van der Waals surface area contributed by atoms with Crippen LogP contribution >= 0.6 is 0 Å². The quantitative estimate of drug-likeness (QED) is 0.354. The highest BCUT2D eigenvalue weighted by Gasteiger charge is 2.19. The third-order valence-corrected chi connectivity index (χ3v) is 4.39. The van der Waals surface area contributed by atoms with Crippen LogP contribution in [0.2, 0.25) is 0 Å². The van der Waals surface area contributed by atoms with E-state index in [2.05, 4.69) is 15.1 Å². The average molecular weight is 384 g/mol. The minimum absolute atomic E-state index is 0.0501. The van der Waals surface area contributed by atoms with Crippen LogP contribution in [0.4, 0.5) is 0 Å². The predicted octanol–water partition coefficient (Wildman–Crippen LogP) is 4.12. The van der Waals surface area contributed by atoms with E-state index in [-0.39, 0.29) is 5.82 Å². The van der Waals surface area contributed by atoms with Gasteiger partial charge in [0.25, 0.3) is 5.82 Å². The molecule has 0 bridgehead atoms. The van der Waals surface area contributed by atoms with Crippen LogP contribution in [0.3, 0.4) is 0 Å². The maximum absolute atomic E-state index is 12.5. The summed E-state index contributed by atoms with van der Waals surface area (Å²) in [6.07, 6.45) is 5.06. The third-order valence-electron chi connectivity index (χ3n) is 4.39. The highest BCUT2D eigenvalue weighted by molar-refractivity contribution is 5.86. The number of aromatic nitrogens is 4. The highest BCUT2D eigenvalue weighted by atomic mass is 16.5. The van der Waals surface area contributed by atoms with Gasteiger partial charge in [-0.05, 0) is 36.6 Å². The van der Waals surface area contributed by atoms with Crippen molar-refractivity contribution < 1.29 is 9.53 Å². The average Bonchev–Trinajstić information content (AvgIpc) is 3.24. The SMILES string of the molecule is O=C(OCCCc1cccnc1)c1nc(-c2ccccc2)n(-c2ccccc2)n1. The molecule has 0 aliphatic rings. The van der Waals surface area contributed by atoms with Gasteiger partial charge in [0.05, 0.1) is 12.3 Å². The van der Waals surface area contributed by atoms with Crippen molar-refractivity contribution in [1.82, 2.24) is 19.7 Å². The van der Waals surface area contributed by atoms with Gasteiger partial charge in [-0.3, -0.25) is 4.98 Å². The van der Waals surface area contributed by atoms with Crippen LogP contribution in [-0.2, 0) is 11.2 Å². The van der Waals surface area contributed by atoms with Gasteiger partial charge < -0.3 is 4.74 Å². The minimum Gasteiger partial charge on any atom is -0.460 e. The molecule has 2 aromatic carbocycles. The summed E-state index contributed by atoms with van der Waals surface area (Å²) in [5.41, 5.74) is 2.82. The summed E-state index contributed by atoms with van der Waals surface area (Å²) in [6.45, 7) is 0.300. The minimum atomic E-state index is -0.525. The molecule has 2 heterocycles. The molecule has 0 saturated heterocycles. The lowest BCUT2D eigenvalue weighted by molar-refractivity contribution is 0.0486. The molecule has 144 valence electrons. The molecule has 4 aromatic rings. The predicted molar refractivity (Wildman–Crippen MR) is 110 cm³/mol. The fourth-order valence-electron chi connectivity index (χ4n) is 2.97. The Morgan fingerprint density at radius 2 is 1.69 bits per heavy atom. The van der Waals surface area contributed by atoms with Crippen LogP contribution in [0, 0.1) is 0 Å². The normalized spacial score (nSPS) is 10.6. The van der Waals surface area contributed by atoms with Gasteiger partial charge in [-0.1, -0.05) is 54.6 Å². The highest BCUT2D eigenvalue weighted by Crippen LogP contribution is 2.21. The second-order valence-electron chi connectivity index (χ2n) is 6.47. The Labute approximate surface area is 168 Å². The zero-order valence-electron chi connectivity index (χ0n) is 15.8. The van der Waals surface area contributed by atoms with E-state index in [1.54, 1.807) is 10.9 Å². The van der Waals surface area contributed by atoms with E-state index in [1.807, 2.05) is 79.0 Å². The number of pyridine rings is 1. The summed E-state index contributed by atoms with van der Waals surface area (Å²) < 4.78 is 7.06. The Morgan fingerprint density at radius 3 is 2.41 bits per heavy atom. The van der Waals surface area contributed by atoms with Crippen LogP contribution in [0.15, 0.2) is 85.2 Å². The molecule has 0 N–H and O–H groups in total. The third kappa shape index (κ3) is 4.55. The van der Waals surface area contributed by atoms with Gasteiger partial charge >= 0.3 is 5.97 Å². The number of hydrogen-bond acceptors (Lipinski definition) is 5. The molecule has 6 nitrogen and oxygen atoms in total. The number of aryl methyl sites for hydroxylation is 1. The molecule has 29 heavy (non-hydrogen) atoms. The molecular weight excluding hydrogens is 364 g/mol. The molecule has 0 aliphatic carbocycles. The summed E-state index contributed by atoms with van der Waals surface area (Å²) in [6, 6.07) is 23.2. The summed E-state index contributed by atoms with van der Waals surface area (Å²) >= 11 is 0. The molecule has 0 atom stereocenters. The fourth-order valence-corrected chi connectivity index (χ4v) is 2.97. The Morgan fingerprint density at radius 1 is 0.931 bits per heavy atom. The maximum atomic E-state index is 12.5. The van der Waals surface area contributed by atoms with Crippen molar-refractivity contribution in [2.75, 3.05) is 6.61 Å². The fraction of sp³-hybridized carbons (Fsp3) is 0.130. The van der Waals surface area contributed by atoms with Crippen molar-refractivity contribution in [3.63, 3.8) is 0 Å². The van der Waals surface area contributed by atoms with Crippen LogP contribution in [0.1, 0.15) is 22.6 Å². The van der Waals surface area contributed by atoms with E-state index >= 15 is 0 Å². The van der Waals surface area contributed by atoms with Gasteiger partial charge in [-0.15, -0.1) is 5.10 Å². The number of ether oxygens (including phenoxy) is 1. The molecule has 2 aromatic heterocycles. The molecule has 0 aliphatic heterocycles. The lowest BCUT2D eigenvalue weighted by atomic mass is 10.2. The molecule has 0 spiro atoms. The monoisotopic (exact) mass is 384 g/mol. The van der Waals surface area contributed by atoms with Crippen LogP contribution in [0.25, 0.3) is 17.1 Å². The van der Waals surface area contributed by atoms with E-state index < -0.39 is 5.97 Å². The largest absolute Gasteiger partial charge is 0.460 e. The Balaban J connectivity index is 1.50. The zero-order chi connectivity index (χ0) is 19.9. The summed E-state index contributed by atoms with van der Waals surface area (Å²) in [4.78, 5) is 21.1. The Kier molecular flexibility index (Phi) is 5.71. The topological polar surface area (TPSA) is 69.9 Å². The van der Waals surface area contributed by atoms with Crippen molar-refractivity contribution in [3.8, 4) is 17.1 Å². The number of esters is 1. The lowest BCUT2D eigenvalue weighted by Crippen LogP contribution is -2.10. The summed E-state index contributed by atoms with van der Waals surface area (Å²) in [7, 11) is 0. The zero-order valence-corrected chi connectivity index (χ0v) is 15.8. The lowest BCUT2D eigenvalue weighted by Gasteiger charge is -2.05. The van der Waals surface area contributed by atoms with Crippen molar-refractivity contribution in [2.45, 2.75) is 12.8 Å². The van der Waals surface area contributed by atoms with E-state index in [0.29, 0.717) is 18.9 Å². The number of carbonyl (C=O) groups is 1. The first-order chi connectivity index (χ1) is 14.3. The van der Waals surface area contributed by atoms with Gasteiger partial charge in [0.2, 0.25) is 0 Å². The molecule has 0 radical (unpaired) electrons. The molecule has 4 rings (SSSR count). The van der Waals surface area contributed by atoms with Crippen LogP contribution < -0.4 is 0 Å². The molecule has 0 saturated carbocycles. The Bertz CT molecular complexity index is 1010. The standard InChI is InChI=1S/C23H20N4O2/c28-23(29-16-8-10-18-9-7-15-24-17-18)21-25-22(19-11-3-1-4-12-19)27(26-21)20-13-5-2-6-14-20/h1-7,9,11-15,17H,8,10,16H2. The number of para-hydroxylation sites is 1. The summed E-state index contributed by atoms with van der Waals surface area (Å²) in [5, 5.41) is 4.41. The van der Waals surface area contributed by atoms with Crippen molar-refractivity contribution >= 4 is 5.97 Å². The van der Waals surface area contributed by atoms with E-state index in [9.17, 15) is 4.79 Å². The maximum Gasteiger partial charge on any atom is 0.378 e. The number of benzene rings is 2. The smallest absolute Gasteiger partial charge is 0.378 e. The van der Waals surface area contributed by atoms with Crippen LogP contribution in [-0.4, -0.2) is 32.3 Å². The van der Waals surface area contributed by atoms with Gasteiger partial charge in [0.15, 0.2) is 5.82 Å². The number of rotatable bonds is 7. The summed E-state index contributed by atoms with van der Waals surface area (Å²) in [5.74, 6) is 0.122. The number of carbonyl (C=O) groups excluding carboxylic acids is 1. The van der Waals surface area contributed by atoms with Gasteiger partial charge in [-0.25, -0.2) is 14.5 Å². The van der Waals surface area contributed by atoms with Gasteiger partial charge in [0, 0.05) is 18.0 Å². The first-order valence-electron chi connectivity index (χ1n) is 9.45. The van der Waals surface area contributed by atoms with E-state index in [1.165, 1.54) is 0 Å². The van der Waals surface area contributed by atoms with Crippen LogP contribution in [0.5, 0.6) is 0 Å². The van der Waals surface area contributed by atoms with Gasteiger partial charge in [0.1, 0.15) is 0 Å². The molecular formula is C23H20N4O2. The number of hydrogen-bond donors (Lipinski definition) is 0. The number of nitrogens with zero attached hydrogens (tertiary/aromatic N) is 4. The second-order valence-corrected chi connectivity index (χ2v) is 6.47. The van der Waals surface area contributed by atoms with Crippen molar-refractivity contribution in [1.29, 1.82) is 0 Å². The molecule has 0 fully saturated rings. The van der Waals surface area contributed by atoms with E-state index in [0.717, 1.165) is 23.2 Å².